The molecule has 3 heterocycles. The van der Waals surface area contributed by atoms with E-state index in [1.54, 1.807) is 27.9 Å². The Bertz CT molecular complexity index is 2170. The van der Waals surface area contributed by atoms with E-state index in [4.69, 9.17) is 0 Å². The molecule has 0 radical (unpaired) electrons. The fraction of sp³-hybridized carbons (Fsp3) is 0.566. The van der Waals surface area contributed by atoms with Gasteiger partial charge < -0.3 is 41.7 Å². The highest BCUT2D eigenvalue weighted by molar-refractivity contribution is 6.00. The Balaban J connectivity index is 1.32. The third-order valence-electron chi connectivity index (χ3n) is 14.6. The minimum absolute atomic E-state index is 0.0148. The topological polar surface area (TPSA) is 244 Å². The number of nitrogens with zero attached hydrogens (tertiary/aromatic N) is 3. The van der Waals surface area contributed by atoms with Gasteiger partial charge in [0.2, 0.25) is 35.4 Å². The predicted molar refractivity (Wildman–Crippen MR) is 270 cm³/mol. The van der Waals surface area contributed by atoms with Crippen molar-refractivity contribution in [2.24, 2.45) is 23.7 Å². The number of likely N-dealkylation sites (tertiary alicyclic amines) is 2. The summed E-state index contributed by atoms with van der Waals surface area (Å²) >= 11 is 0. The van der Waals surface area contributed by atoms with E-state index in [0.717, 1.165) is 11.1 Å². The van der Waals surface area contributed by atoms with Crippen LogP contribution < -0.4 is 31.9 Å². The van der Waals surface area contributed by atoms with Crippen molar-refractivity contribution in [3.63, 3.8) is 0 Å². The number of Topliss-reactive ketones (excluding diaryl/α,β-unsaturated/α-hetero) is 2. The van der Waals surface area contributed by atoms with Crippen LogP contribution in [0.3, 0.4) is 0 Å². The zero-order valence-electron chi connectivity index (χ0n) is 43.0. The van der Waals surface area contributed by atoms with E-state index in [1.165, 1.54) is 15.9 Å². The molecule has 3 aromatic rings. The van der Waals surface area contributed by atoms with Crippen molar-refractivity contribution in [1.82, 2.24) is 51.9 Å². The molecule has 7 N–H and O–H groups in total. The molecule has 6 amide bonds. The van der Waals surface area contributed by atoms with Crippen LogP contribution in [0, 0.1) is 23.7 Å². The van der Waals surface area contributed by atoms with E-state index < -0.39 is 65.7 Å². The molecule has 1 aromatic heterocycles. The fourth-order valence-corrected chi connectivity index (χ4v) is 9.28. The van der Waals surface area contributed by atoms with Crippen LogP contribution in [-0.2, 0) is 28.8 Å². The van der Waals surface area contributed by atoms with Gasteiger partial charge in [-0.25, -0.2) is 0 Å². The van der Waals surface area contributed by atoms with Crippen molar-refractivity contribution in [3.05, 3.63) is 89.2 Å². The highest BCUT2D eigenvalue weighted by Crippen LogP contribution is 2.32. The number of carbonyl (C=O) groups is 8. The van der Waals surface area contributed by atoms with Crippen LogP contribution in [0.25, 0.3) is 0 Å². The zero-order valence-corrected chi connectivity index (χ0v) is 43.0. The van der Waals surface area contributed by atoms with E-state index in [1.807, 2.05) is 102 Å². The molecule has 0 aliphatic carbocycles. The van der Waals surface area contributed by atoms with Gasteiger partial charge in [0, 0.05) is 25.9 Å². The van der Waals surface area contributed by atoms with Crippen LogP contribution in [-0.4, -0.2) is 130 Å². The molecule has 0 spiro atoms. The molecule has 18 nitrogen and oxygen atoms in total. The van der Waals surface area contributed by atoms with E-state index in [2.05, 4.69) is 42.1 Å². The average molecular weight is 981 g/mol. The summed E-state index contributed by atoms with van der Waals surface area (Å²) < 4.78 is 0. The van der Waals surface area contributed by atoms with Crippen molar-refractivity contribution in [2.45, 2.75) is 142 Å². The molecule has 386 valence electrons. The summed E-state index contributed by atoms with van der Waals surface area (Å²) in [7, 11) is 3.30. The number of ketones is 2. The Kier molecular flexibility index (Phi) is 20.2. The first-order valence-corrected chi connectivity index (χ1v) is 25.2. The van der Waals surface area contributed by atoms with Crippen molar-refractivity contribution in [3.8, 4) is 0 Å². The molecular weight excluding hydrogens is 905 g/mol. The summed E-state index contributed by atoms with van der Waals surface area (Å²) in [5, 5.41) is 24.7. The van der Waals surface area contributed by atoms with Crippen molar-refractivity contribution < 1.29 is 38.4 Å². The molecule has 0 saturated carbocycles. The largest absolute Gasteiger partial charge is 0.348 e. The number of H-pyrrole nitrogens is 1. The van der Waals surface area contributed by atoms with Crippen LogP contribution in [0.1, 0.15) is 138 Å². The van der Waals surface area contributed by atoms with Gasteiger partial charge in [-0.05, 0) is 95.5 Å². The molecule has 2 saturated heterocycles. The molecule has 2 aliphatic rings. The monoisotopic (exact) mass is 981 g/mol. The first-order valence-electron chi connectivity index (χ1n) is 25.2. The zero-order chi connectivity index (χ0) is 52.1. The van der Waals surface area contributed by atoms with Gasteiger partial charge in [0.25, 0.3) is 0 Å². The Labute approximate surface area is 418 Å². The number of hydrogen-bond acceptors (Lipinski definition) is 11. The van der Waals surface area contributed by atoms with Gasteiger partial charge in [0.1, 0.15) is 35.6 Å². The first-order chi connectivity index (χ1) is 33.8. The highest BCUT2D eigenvalue weighted by Gasteiger charge is 2.46. The second-order valence-electron chi connectivity index (χ2n) is 19.7. The molecule has 0 unspecified atom stereocenters. The van der Waals surface area contributed by atoms with Crippen LogP contribution in [0.15, 0.2) is 66.7 Å². The quantitative estimate of drug-likeness (QED) is 0.0633. The third kappa shape index (κ3) is 14.2. The minimum atomic E-state index is -0.924. The van der Waals surface area contributed by atoms with Crippen molar-refractivity contribution >= 4 is 47.0 Å². The maximum absolute atomic E-state index is 14.5. The van der Waals surface area contributed by atoms with Gasteiger partial charge in [0.05, 0.1) is 24.2 Å². The maximum Gasteiger partial charge on any atom is 0.246 e. The average Bonchev–Trinajstić information content (AvgIpc) is 4.16. The maximum atomic E-state index is 14.5. The number of hydrogen-bond donors (Lipinski definition) is 7. The first kappa shape index (κ1) is 55.7. The summed E-state index contributed by atoms with van der Waals surface area (Å²) in [5.74, 6) is -4.45. The second-order valence-corrected chi connectivity index (χ2v) is 19.7. The molecule has 71 heavy (non-hydrogen) atoms. The highest BCUT2D eigenvalue weighted by atomic mass is 16.2. The van der Waals surface area contributed by atoms with Gasteiger partial charge in [-0.2, -0.15) is 5.10 Å². The second kappa shape index (κ2) is 25.7. The molecular formula is C53H76N10O8. The van der Waals surface area contributed by atoms with E-state index in [-0.39, 0.29) is 103 Å². The molecule has 18 heteroatoms. The molecule has 12 atom stereocenters. The number of aromatic nitrogens is 2. The number of rotatable bonds is 24. The lowest BCUT2D eigenvalue weighted by molar-refractivity contribution is -0.143. The van der Waals surface area contributed by atoms with Crippen LogP contribution in [0.5, 0.6) is 0 Å². The van der Waals surface area contributed by atoms with Gasteiger partial charge in [0.15, 0.2) is 11.6 Å². The lowest BCUT2D eigenvalue weighted by atomic mass is 9.96. The standard InChI is InChI=1S/C53H76N10O8/c1-11-30(3)46(58-48(66)34(7)54-9)52(70)62-28-36(23-42(62)50(68)56-32(5)38-19-15-13-16-20-38)25-44(64)40-27-41(61-60-40)45(65)26-37-24-43(51(69)57-33(6)39-21-17-14-18-22-39)63(29-37)53(71)47(31(4)12-2)59-49(67)35(8)55-10/h13-22,27,30-37,42-43,46-47,54-55H,11-12,23-26,28-29H2,1-10H3,(H,56,68)(H,57,69)(H,58,66)(H,59,67)(H,60,61)/t30-,31-,32+,33+,34-,35-,36+,37+,42-,43-,46-,47-/m0/s1. The molecule has 2 aromatic carbocycles. The number of nitrogens with one attached hydrogen (secondary N) is 7. The van der Waals surface area contributed by atoms with Gasteiger partial charge >= 0.3 is 0 Å². The Morgan fingerprint density at radius 2 is 0.986 bits per heavy atom. The Morgan fingerprint density at radius 1 is 0.592 bits per heavy atom. The smallest absolute Gasteiger partial charge is 0.246 e. The van der Waals surface area contributed by atoms with Crippen LogP contribution in [0.2, 0.25) is 0 Å². The van der Waals surface area contributed by atoms with Crippen LogP contribution >= 0.6 is 0 Å². The van der Waals surface area contributed by atoms with Crippen molar-refractivity contribution in [1.29, 1.82) is 0 Å². The molecule has 2 aliphatic heterocycles. The van der Waals surface area contributed by atoms with Gasteiger partial charge in [-0.1, -0.05) is 101 Å². The summed E-state index contributed by atoms with van der Waals surface area (Å²) in [4.78, 5) is 114. The van der Waals surface area contributed by atoms with E-state index in [9.17, 15) is 38.4 Å². The minimum Gasteiger partial charge on any atom is -0.348 e. The lowest BCUT2D eigenvalue weighted by Gasteiger charge is -2.32. The molecule has 0 bridgehead atoms. The third-order valence-corrected chi connectivity index (χ3v) is 14.6. The number of carbonyl (C=O) groups excluding carboxylic acids is 8. The normalized spacial score (nSPS) is 21.2. The lowest BCUT2D eigenvalue weighted by Crippen LogP contribution is -2.57. The summed E-state index contributed by atoms with van der Waals surface area (Å²) in [6, 6.07) is 14.7. The van der Waals surface area contributed by atoms with E-state index in [0.29, 0.717) is 12.8 Å². The number of likely N-dealkylation sites (N-methyl/N-ethyl adjacent to an activating group) is 2. The molecule has 2 fully saturated rings. The molecule has 5 rings (SSSR count). The van der Waals surface area contributed by atoms with Crippen LogP contribution in [0.4, 0.5) is 0 Å². The fourth-order valence-electron chi connectivity index (χ4n) is 9.28. The van der Waals surface area contributed by atoms with Gasteiger partial charge in [-0.3, -0.25) is 43.5 Å². The Morgan fingerprint density at radius 3 is 1.37 bits per heavy atom. The number of amides is 6. The van der Waals surface area contributed by atoms with Crippen molar-refractivity contribution in [2.75, 3.05) is 27.2 Å². The number of benzene rings is 2. The summed E-state index contributed by atoms with van der Waals surface area (Å²) in [6.45, 7) is 14.8. The SMILES string of the molecule is CC[C@H](C)[C@H](NC(=O)[C@H](C)NC)C(=O)N1C[C@@H](CC(=O)c2cc(C(=O)C[C@H]3C[C@@H](C(=O)N[C@H](C)c4ccccc4)N(C(=O)[C@@H](NC(=O)[C@H](C)NC)[C@@H](C)CC)C3)[nH]n2)C[C@H]1C(=O)N[C@H](C)c1ccccc1. The van der Waals surface area contributed by atoms with Gasteiger partial charge in [-0.15, -0.1) is 0 Å². The number of aromatic amines is 1. The summed E-state index contributed by atoms with van der Waals surface area (Å²) in [5.41, 5.74) is 1.86. The predicted octanol–water partition coefficient (Wildman–Crippen LogP) is 4.02. The Hall–Kier alpha value is -6.27. The summed E-state index contributed by atoms with van der Waals surface area (Å²) in [6.07, 6.45) is 1.40. The van der Waals surface area contributed by atoms with E-state index >= 15 is 0 Å².